The second-order valence-electron chi connectivity index (χ2n) is 5.13. The summed E-state index contributed by atoms with van der Waals surface area (Å²) in [7, 11) is 3.84. The predicted molar refractivity (Wildman–Crippen MR) is 64.7 cm³/mol. The molecule has 98 valence electrons. The summed E-state index contributed by atoms with van der Waals surface area (Å²) in [6, 6.07) is 0. The SMILES string of the molecule is CC(CC(=O)O)C(=O)N(C)CC1CCN(C)C1. The molecule has 0 aromatic rings. The predicted octanol–water partition coefficient (Wildman–Crippen LogP) is 0.507. The van der Waals surface area contributed by atoms with Crippen molar-refractivity contribution in [2.75, 3.05) is 33.7 Å². The number of nitrogens with zero attached hydrogens (tertiary/aromatic N) is 2. The summed E-state index contributed by atoms with van der Waals surface area (Å²) in [4.78, 5) is 26.4. The smallest absolute Gasteiger partial charge is 0.304 e. The normalized spacial score (nSPS) is 22.4. The maximum Gasteiger partial charge on any atom is 0.304 e. The van der Waals surface area contributed by atoms with Gasteiger partial charge >= 0.3 is 5.97 Å². The fourth-order valence-corrected chi connectivity index (χ4v) is 2.38. The highest BCUT2D eigenvalue weighted by Gasteiger charge is 2.25. The lowest BCUT2D eigenvalue weighted by Gasteiger charge is -2.23. The van der Waals surface area contributed by atoms with Crippen molar-refractivity contribution < 1.29 is 14.7 Å². The number of rotatable bonds is 5. The largest absolute Gasteiger partial charge is 0.481 e. The molecule has 0 aliphatic carbocycles. The number of carboxylic acids is 1. The Morgan fingerprint density at radius 1 is 1.53 bits per heavy atom. The van der Waals surface area contributed by atoms with Crippen molar-refractivity contribution in [1.29, 1.82) is 0 Å². The lowest BCUT2D eigenvalue weighted by molar-refractivity contribution is -0.143. The Morgan fingerprint density at radius 3 is 2.65 bits per heavy atom. The first-order chi connectivity index (χ1) is 7.90. The van der Waals surface area contributed by atoms with Crippen LogP contribution in [0.15, 0.2) is 0 Å². The first-order valence-corrected chi connectivity index (χ1v) is 6.05. The standard InChI is InChI=1S/C12H22N2O3/c1-9(6-11(15)16)12(17)14(3)8-10-4-5-13(2)7-10/h9-10H,4-8H2,1-3H3,(H,15,16). The van der Waals surface area contributed by atoms with Gasteiger partial charge in [0.25, 0.3) is 0 Å². The third-order valence-corrected chi connectivity index (χ3v) is 3.30. The molecule has 5 heteroatoms. The van der Waals surface area contributed by atoms with Crippen molar-refractivity contribution in [1.82, 2.24) is 9.80 Å². The molecule has 0 spiro atoms. The van der Waals surface area contributed by atoms with Crippen LogP contribution in [0.3, 0.4) is 0 Å². The molecule has 0 radical (unpaired) electrons. The van der Waals surface area contributed by atoms with Crippen LogP contribution >= 0.6 is 0 Å². The van der Waals surface area contributed by atoms with Crippen molar-refractivity contribution in [2.45, 2.75) is 19.8 Å². The first-order valence-electron chi connectivity index (χ1n) is 6.05. The van der Waals surface area contributed by atoms with Gasteiger partial charge in [-0.1, -0.05) is 6.92 Å². The van der Waals surface area contributed by atoms with Crippen molar-refractivity contribution >= 4 is 11.9 Å². The van der Waals surface area contributed by atoms with Crippen LogP contribution in [0.5, 0.6) is 0 Å². The number of hydrogen-bond donors (Lipinski definition) is 1. The number of carbonyl (C=O) groups excluding carboxylic acids is 1. The van der Waals surface area contributed by atoms with Crippen molar-refractivity contribution in [3.05, 3.63) is 0 Å². The van der Waals surface area contributed by atoms with Gasteiger partial charge in [0.2, 0.25) is 5.91 Å². The molecular weight excluding hydrogens is 220 g/mol. The maximum atomic E-state index is 11.9. The summed E-state index contributed by atoms with van der Waals surface area (Å²) in [5.74, 6) is -0.899. The molecule has 2 unspecified atom stereocenters. The van der Waals surface area contributed by atoms with Gasteiger partial charge in [-0.25, -0.2) is 0 Å². The minimum absolute atomic E-state index is 0.0676. The molecule has 1 saturated heterocycles. The zero-order valence-corrected chi connectivity index (χ0v) is 10.8. The zero-order chi connectivity index (χ0) is 13.0. The van der Waals surface area contributed by atoms with E-state index in [1.165, 1.54) is 0 Å². The van der Waals surface area contributed by atoms with Crippen LogP contribution in [0.4, 0.5) is 0 Å². The highest BCUT2D eigenvalue weighted by molar-refractivity contribution is 5.82. The summed E-state index contributed by atoms with van der Waals surface area (Å²) in [5, 5.41) is 8.66. The van der Waals surface area contributed by atoms with E-state index in [2.05, 4.69) is 11.9 Å². The fraction of sp³-hybridized carbons (Fsp3) is 0.833. The number of amides is 1. The zero-order valence-electron chi connectivity index (χ0n) is 10.8. The van der Waals surface area contributed by atoms with Gasteiger partial charge in [-0.3, -0.25) is 9.59 Å². The van der Waals surface area contributed by atoms with Crippen LogP contribution in [0.1, 0.15) is 19.8 Å². The van der Waals surface area contributed by atoms with Crippen LogP contribution in [-0.2, 0) is 9.59 Å². The average Bonchev–Trinajstić information content (AvgIpc) is 2.61. The van der Waals surface area contributed by atoms with Crippen LogP contribution in [0.25, 0.3) is 0 Å². The Hall–Kier alpha value is -1.10. The lowest BCUT2D eigenvalue weighted by Crippen LogP contribution is -2.36. The molecule has 0 bridgehead atoms. The second-order valence-corrected chi connectivity index (χ2v) is 5.13. The molecule has 17 heavy (non-hydrogen) atoms. The summed E-state index contributed by atoms with van der Waals surface area (Å²) < 4.78 is 0. The summed E-state index contributed by atoms with van der Waals surface area (Å²) in [6.07, 6.45) is 1.02. The number of aliphatic carboxylic acids is 1. The molecular formula is C12H22N2O3. The van der Waals surface area contributed by atoms with E-state index in [0.717, 1.165) is 26.1 Å². The van der Waals surface area contributed by atoms with Crippen molar-refractivity contribution in [2.24, 2.45) is 11.8 Å². The van der Waals surface area contributed by atoms with E-state index in [9.17, 15) is 9.59 Å². The molecule has 0 saturated carbocycles. The molecule has 1 fully saturated rings. The van der Waals surface area contributed by atoms with Gasteiger partial charge in [0.15, 0.2) is 0 Å². The van der Waals surface area contributed by atoms with Crippen LogP contribution in [0.2, 0.25) is 0 Å². The molecule has 2 atom stereocenters. The quantitative estimate of drug-likeness (QED) is 0.763. The molecule has 0 aromatic heterocycles. The van der Waals surface area contributed by atoms with E-state index in [4.69, 9.17) is 5.11 Å². The Labute approximate surface area is 102 Å². The van der Waals surface area contributed by atoms with Gasteiger partial charge in [-0.15, -0.1) is 0 Å². The van der Waals surface area contributed by atoms with E-state index in [1.54, 1.807) is 18.9 Å². The third kappa shape index (κ3) is 4.34. The molecule has 1 amide bonds. The summed E-state index contributed by atoms with van der Waals surface area (Å²) >= 11 is 0. The summed E-state index contributed by atoms with van der Waals surface area (Å²) in [6.45, 7) is 4.50. The highest BCUT2D eigenvalue weighted by atomic mass is 16.4. The number of carboxylic acid groups (broad SMARTS) is 1. The van der Waals surface area contributed by atoms with E-state index in [-0.39, 0.29) is 12.3 Å². The molecule has 1 rings (SSSR count). The van der Waals surface area contributed by atoms with Crippen molar-refractivity contribution in [3.63, 3.8) is 0 Å². The number of carbonyl (C=O) groups is 2. The third-order valence-electron chi connectivity index (χ3n) is 3.30. The van der Waals surface area contributed by atoms with Gasteiger partial charge < -0.3 is 14.9 Å². The van der Waals surface area contributed by atoms with Gasteiger partial charge in [0.05, 0.1) is 6.42 Å². The van der Waals surface area contributed by atoms with Crippen LogP contribution in [0, 0.1) is 11.8 Å². The minimum atomic E-state index is -0.917. The highest BCUT2D eigenvalue weighted by Crippen LogP contribution is 2.16. The molecule has 1 aliphatic heterocycles. The number of hydrogen-bond acceptors (Lipinski definition) is 3. The minimum Gasteiger partial charge on any atom is -0.481 e. The van der Waals surface area contributed by atoms with Gasteiger partial charge in [-0.05, 0) is 25.9 Å². The number of likely N-dealkylation sites (tertiary alicyclic amines) is 1. The molecule has 1 N–H and O–H groups in total. The van der Waals surface area contributed by atoms with E-state index in [1.807, 2.05) is 0 Å². The second kappa shape index (κ2) is 6.00. The van der Waals surface area contributed by atoms with Crippen LogP contribution in [-0.4, -0.2) is 60.5 Å². The van der Waals surface area contributed by atoms with Gasteiger partial charge in [0, 0.05) is 26.1 Å². The first kappa shape index (κ1) is 14.0. The Bertz CT molecular complexity index is 293. The van der Waals surface area contributed by atoms with E-state index >= 15 is 0 Å². The summed E-state index contributed by atoms with van der Waals surface area (Å²) in [5.41, 5.74) is 0. The monoisotopic (exact) mass is 242 g/mol. The van der Waals surface area contributed by atoms with E-state index < -0.39 is 11.9 Å². The maximum absolute atomic E-state index is 11.9. The fourth-order valence-electron chi connectivity index (χ4n) is 2.38. The lowest BCUT2D eigenvalue weighted by atomic mass is 10.0. The topological polar surface area (TPSA) is 60.9 Å². The Kier molecular flexibility index (Phi) is 4.93. The Morgan fingerprint density at radius 2 is 2.18 bits per heavy atom. The average molecular weight is 242 g/mol. The molecule has 1 heterocycles. The molecule has 1 aliphatic rings. The molecule has 0 aromatic carbocycles. The molecule has 5 nitrogen and oxygen atoms in total. The van der Waals surface area contributed by atoms with E-state index in [0.29, 0.717) is 5.92 Å². The van der Waals surface area contributed by atoms with Crippen LogP contribution < -0.4 is 0 Å². The Balaban J connectivity index is 2.38. The van der Waals surface area contributed by atoms with Gasteiger partial charge in [-0.2, -0.15) is 0 Å². The van der Waals surface area contributed by atoms with Gasteiger partial charge in [0.1, 0.15) is 0 Å². The van der Waals surface area contributed by atoms with Crippen molar-refractivity contribution in [3.8, 4) is 0 Å².